The number of fused-ring (bicyclic) bond motifs is 6. The Hall–Kier alpha value is -5.86. The lowest BCUT2D eigenvalue weighted by Crippen LogP contribution is -2.43. The summed E-state index contributed by atoms with van der Waals surface area (Å²) in [5, 5.41) is 0. The number of hydrogen-bond donors (Lipinski definition) is 0. The van der Waals surface area contributed by atoms with Crippen molar-refractivity contribution in [2.75, 3.05) is 9.80 Å². The van der Waals surface area contributed by atoms with Crippen molar-refractivity contribution in [3.8, 4) is 11.1 Å². The van der Waals surface area contributed by atoms with E-state index < -0.39 is 0 Å². The first-order valence-corrected chi connectivity index (χ1v) is 21.5. The molecule has 0 aromatic heterocycles. The normalized spacial score (nSPS) is 20.3. The molecule has 0 heterocycles. The van der Waals surface area contributed by atoms with Gasteiger partial charge in [-0.05, 0) is 137 Å². The third kappa shape index (κ3) is 6.25. The highest BCUT2D eigenvalue weighted by atomic mass is 15.2. The predicted molar refractivity (Wildman–Crippen MR) is 246 cm³/mol. The molecule has 0 radical (unpaired) electrons. The molecule has 2 atom stereocenters. The first-order chi connectivity index (χ1) is 28.3. The molecule has 0 saturated carbocycles. The third-order valence-corrected chi connectivity index (χ3v) is 13.6. The largest absolute Gasteiger partial charge is 0.358 e. The van der Waals surface area contributed by atoms with Crippen molar-refractivity contribution in [2.45, 2.75) is 89.1 Å². The van der Waals surface area contributed by atoms with Gasteiger partial charge in [-0.15, -0.1) is 0 Å². The summed E-state index contributed by atoms with van der Waals surface area (Å²) in [7, 11) is 0. The minimum atomic E-state index is -0.0901. The topological polar surface area (TPSA) is 6.48 Å². The zero-order valence-electron chi connectivity index (χ0n) is 34.5. The molecular weight excluding hydrogens is 701 g/mol. The van der Waals surface area contributed by atoms with Crippen molar-refractivity contribution in [1.82, 2.24) is 0 Å². The number of aryl methyl sites for hydroxylation is 2. The average molecular weight is 755 g/mol. The SMILES string of the molecule is CC1(C)C2=CC(N(c3ccccc3)C3C=CC=CC3)CC=C2c2ccc(CCc3ccc4c(c3)C(C)(C)c3cc(N(C5=CC=CCC5)c5ccccc5)ccc3-4)cc21. The molecule has 0 fully saturated rings. The van der Waals surface area contributed by atoms with Crippen molar-refractivity contribution in [3.63, 3.8) is 0 Å². The van der Waals surface area contributed by atoms with Crippen LogP contribution in [-0.2, 0) is 23.7 Å². The minimum absolute atomic E-state index is 0.0525. The molecule has 2 heteroatoms. The van der Waals surface area contributed by atoms with Crippen molar-refractivity contribution in [2.24, 2.45) is 0 Å². The molecule has 5 aromatic rings. The number of anilines is 3. The molecule has 0 amide bonds. The van der Waals surface area contributed by atoms with E-state index in [1.807, 2.05) is 0 Å². The summed E-state index contributed by atoms with van der Waals surface area (Å²) in [5.41, 5.74) is 19.2. The van der Waals surface area contributed by atoms with Gasteiger partial charge in [0.1, 0.15) is 0 Å². The van der Waals surface area contributed by atoms with Crippen LogP contribution >= 0.6 is 0 Å². The molecule has 10 rings (SSSR count). The summed E-state index contributed by atoms with van der Waals surface area (Å²) >= 11 is 0. The Balaban J connectivity index is 0.893. The van der Waals surface area contributed by atoms with Crippen LogP contribution in [0.15, 0.2) is 181 Å². The Bertz CT molecular complexity index is 2570. The van der Waals surface area contributed by atoms with E-state index in [9.17, 15) is 0 Å². The van der Waals surface area contributed by atoms with Gasteiger partial charge in [-0.1, -0.05) is 155 Å². The number of hydrogen-bond acceptors (Lipinski definition) is 2. The van der Waals surface area contributed by atoms with E-state index in [4.69, 9.17) is 0 Å². The van der Waals surface area contributed by atoms with Gasteiger partial charge in [-0.25, -0.2) is 0 Å². The van der Waals surface area contributed by atoms with E-state index >= 15 is 0 Å². The van der Waals surface area contributed by atoms with Crippen molar-refractivity contribution < 1.29 is 0 Å². The van der Waals surface area contributed by atoms with Crippen LogP contribution < -0.4 is 9.80 Å². The summed E-state index contributed by atoms with van der Waals surface area (Å²) in [6.45, 7) is 9.71. The van der Waals surface area contributed by atoms with E-state index in [0.717, 1.165) is 38.5 Å². The van der Waals surface area contributed by atoms with E-state index in [1.165, 1.54) is 78.4 Å². The summed E-state index contributed by atoms with van der Waals surface area (Å²) in [4.78, 5) is 5.10. The number of benzene rings is 5. The monoisotopic (exact) mass is 754 g/mol. The second-order valence-electron chi connectivity index (χ2n) is 17.9. The van der Waals surface area contributed by atoms with Gasteiger partial charge in [0.15, 0.2) is 0 Å². The first kappa shape index (κ1) is 36.5. The molecule has 58 heavy (non-hydrogen) atoms. The maximum absolute atomic E-state index is 2.65. The molecule has 5 aromatic carbocycles. The fraction of sp³-hybridized carbons (Fsp3) is 0.250. The van der Waals surface area contributed by atoms with Crippen LogP contribution in [0, 0.1) is 0 Å². The van der Waals surface area contributed by atoms with Crippen LogP contribution in [-0.4, -0.2) is 12.1 Å². The molecule has 0 saturated heterocycles. The van der Waals surface area contributed by atoms with Gasteiger partial charge >= 0.3 is 0 Å². The zero-order valence-corrected chi connectivity index (χ0v) is 34.5. The number of allylic oxidation sites excluding steroid dienone is 8. The van der Waals surface area contributed by atoms with Crippen LogP contribution in [0.1, 0.15) is 86.8 Å². The third-order valence-electron chi connectivity index (χ3n) is 13.6. The van der Waals surface area contributed by atoms with Crippen molar-refractivity contribution >= 4 is 22.6 Å². The molecule has 0 N–H and O–H groups in total. The summed E-state index contributed by atoms with van der Waals surface area (Å²) in [5.74, 6) is 0. The highest BCUT2D eigenvalue weighted by Gasteiger charge is 2.41. The minimum Gasteiger partial charge on any atom is -0.358 e. The molecule has 5 aliphatic rings. The molecule has 0 spiro atoms. The quantitative estimate of drug-likeness (QED) is 0.148. The highest BCUT2D eigenvalue weighted by Crippen LogP contribution is 2.53. The van der Waals surface area contributed by atoms with E-state index in [0.29, 0.717) is 12.1 Å². The van der Waals surface area contributed by atoms with Crippen LogP contribution in [0.5, 0.6) is 0 Å². The molecular formula is C56H54N2. The van der Waals surface area contributed by atoms with Crippen molar-refractivity contribution in [1.29, 1.82) is 0 Å². The van der Waals surface area contributed by atoms with Gasteiger partial charge in [0.05, 0.1) is 12.1 Å². The summed E-state index contributed by atoms with van der Waals surface area (Å²) in [6, 6.07) is 44.3. The first-order valence-electron chi connectivity index (χ1n) is 21.5. The molecule has 2 unspecified atom stereocenters. The van der Waals surface area contributed by atoms with Crippen LogP contribution in [0.2, 0.25) is 0 Å². The second-order valence-corrected chi connectivity index (χ2v) is 17.9. The lowest BCUT2D eigenvalue weighted by molar-refractivity contribution is 0.596. The maximum Gasteiger partial charge on any atom is 0.0520 e. The van der Waals surface area contributed by atoms with E-state index in [2.05, 4.69) is 207 Å². The highest BCUT2D eigenvalue weighted by molar-refractivity contribution is 5.91. The van der Waals surface area contributed by atoms with Crippen LogP contribution in [0.4, 0.5) is 17.1 Å². The second kappa shape index (κ2) is 14.5. The lowest BCUT2D eigenvalue weighted by atomic mass is 9.79. The zero-order chi connectivity index (χ0) is 39.4. The van der Waals surface area contributed by atoms with E-state index in [1.54, 1.807) is 0 Å². The van der Waals surface area contributed by atoms with Gasteiger partial charge in [0.25, 0.3) is 0 Å². The Morgan fingerprint density at radius 3 is 1.90 bits per heavy atom. The summed E-state index contributed by atoms with van der Waals surface area (Å²) < 4.78 is 0. The number of rotatable bonds is 9. The standard InChI is InChI=1S/C56H54N2/c1-55(2)51-35-39(27-31-47(51)49-33-29-45(37-53(49)55)57(41-17-9-5-10-18-41)42-19-11-6-12-20-42)25-26-40-28-32-48-50-34-30-46(38-54(50)56(3,4)52(48)36-40)58(43-21-13-7-14-22-43)44-23-15-8-16-24-44/h5-15,17-19,21-23,27-28,30-38,42,45H,16,20,24-26,29H2,1-4H3. The Morgan fingerprint density at radius 2 is 1.22 bits per heavy atom. The lowest BCUT2D eigenvalue weighted by Gasteiger charge is -2.40. The van der Waals surface area contributed by atoms with Gasteiger partial charge in [0.2, 0.25) is 0 Å². The molecule has 0 aliphatic heterocycles. The van der Waals surface area contributed by atoms with Gasteiger partial charge in [-0.3, -0.25) is 0 Å². The van der Waals surface area contributed by atoms with Gasteiger partial charge < -0.3 is 9.80 Å². The fourth-order valence-corrected chi connectivity index (χ4v) is 10.5. The van der Waals surface area contributed by atoms with Crippen LogP contribution in [0.25, 0.3) is 16.7 Å². The smallest absolute Gasteiger partial charge is 0.0520 e. The number of nitrogens with zero attached hydrogens (tertiary/aromatic N) is 2. The summed E-state index contributed by atoms with van der Waals surface area (Å²) in [6.07, 6.45) is 27.2. The number of para-hydroxylation sites is 2. The van der Waals surface area contributed by atoms with Crippen molar-refractivity contribution in [3.05, 3.63) is 215 Å². The Morgan fingerprint density at radius 1 is 0.569 bits per heavy atom. The molecule has 2 nitrogen and oxygen atoms in total. The van der Waals surface area contributed by atoms with E-state index in [-0.39, 0.29) is 10.8 Å². The average Bonchev–Trinajstić information content (AvgIpc) is 3.63. The van der Waals surface area contributed by atoms with Crippen LogP contribution in [0.3, 0.4) is 0 Å². The molecule has 0 bridgehead atoms. The van der Waals surface area contributed by atoms with Gasteiger partial charge in [0, 0.05) is 33.6 Å². The Kier molecular flexibility index (Phi) is 9.12. The molecule has 5 aliphatic carbocycles. The fourth-order valence-electron chi connectivity index (χ4n) is 10.5. The molecule has 288 valence electrons. The Labute approximate surface area is 346 Å². The predicted octanol–water partition coefficient (Wildman–Crippen LogP) is 13.9. The maximum atomic E-state index is 2.65. The van der Waals surface area contributed by atoms with Gasteiger partial charge in [-0.2, -0.15) is 0 Å².